The molecule has 36 heavy (non-hydrogen) atoms. The standard InChI is InChI=1S/C24H23F3N8O/c25-24(26,27)23-30-29-19-9-10-20(32-35(19)23)33-13-11-15(12-14-33)22(36)28-21-17-7-4-8-18(17)31-34(21)16-5-2-1-3-6-16/h1-3,5-6,9-10,15H,4,7-8,11-14H2,(H,28,36). The molecule has 9 nitrogen and oxygen atoms in total. The molecule has 3 aromatic heterocycles. The van der Waals surface area contributed by atoms with E-state index in [1.54, 1.807) is 6.07 Å². The molecular formula is C24H23F3N8O. The molecule has 1 amide bonds. The average Bonchev–Trinajstić information content (AvgIpc) is 3.60. The van der Waals surface area contributed by atoms with Crippen molar-refractivity contribution in [3.63, 3.8) is 0 Å². The number of aryl methyl sites for hydroxylation is 1. The highest BCUT2D eigenvalue weighted by Gasteiger charge is 2.38. The van der Waals surface area contributed by atoms with E-state index in [9.17, 15) is 18.0 Å². The number of benzene rings is 1. The molecule has 0 spiro atoms. The first-order chi connectivity index (χ1) is 17.4. The number of alkyl halides is 3. The van der Waals surface area contributed by atoms with Crippen LogP contribution in [-0.2, 0) is 23.8 Å². The zero-order valence-electron chi connectivity index (χ0n) is 19.2. The van der Waals surface area contributed by atoms with E-state index in [2.05, 4.69) is 20.6 Å². The van der Waals surface area contributed by atoms with Crippen LogP contribution < -0.4 is 10.2 Å². The summed E-state index contributed by atoms with van der Waals surface area (Å²) in [5, 5.41) is 18.8. The Hall–Kier alpha value is -3.96. The van der Waals surface area contributed by atoms with E-state index in [4.69, 9.17) is 5.10 Å². The number of anilines is 2. The van der Waals surface area contributed by atoms with Gasteiger partial charge in [0.05, 0.1) is 11.4 Å². The summed E-state index contributed by atoms with van der Waals surface area (Å²) in [6.07, 6.45) is -0.732. The third kappa shape index (κ3) is 3.95. The molecule has 0 atom stereocenters. The number of piperidine rings is 1. The van der Waals surface area contributed by atoms with Gasteiger partial charge in [-0.25, -0.2) is 4.68 Å². The molecule has 1 aliphatic heterocycles. The Labute approximate surface area is 203 Å². The predicted molar refractivity (Wildman–Crippen MR) is 125 cm³/mol. The van der Waals surface area contributed by atoms with E-state index in [-0.39, 0.29) is 17.5 Å². The fourth-order valence-electron chi connectivity index (χ4n) is 4.99. The summed E-state index contributed by atoms with van der Waals surface area (Å²) in [6, 6.07) is 12.8. The largest absolute Gasteiger partial charge is 0.453 e. The van der Waals surface area contributed by atoms with Crippen LogP contribution in [0, 0.1) is 5.92 Å². The molecule has 0 unspecified atom stereocenters. The number of nitrogens with one attached hydrogen (secondary N) is 1. The van der Waals surface area contributed by atoms with Crippen molar-refractivity contribution in [1.82, 2.24) is 29.6 Å². The summed E-state index contributed by atoms with van der Waals surface area (Å²) in [6.45, 7) is 0.992. The van der Waals surface area contributed by atoms with Crippen LogP contribution in [0.4, 0.5) is 24.8 Å². The van der Waals surface area contributed by atoms with Crippen molar-refractivity contribution < 1.29 is 18.0 Å². The molecule has 1 aromatic carbocycles. The molecule has 6 rings (SSSR count). The van der Waals surface area contributed by atoms with Crippen molar-refractivity contribution in [1.29, 1.82) is 0 Å². The van der Waals surface area contributed by atoms with Gasteiger partial charge >= 0.3 is 6.18 Å². The van der Waals surface area contributed by atoms with Gasteiger partial charge in [-0.15, -0.1) is 15.3 Å². The maximum Gasteiger partial charge on any atom is 0.453 e. The molecule has 12 heteroatoms. The smallest absolute Gasteiger partial charge is 0.355 e. The third-order valence-electron chi connectivity index (χ3n) is 6.84. The van der Waals surface area contributed by atoms with Crippen LogP contribution in [0.1, 0.15) is 36.3 Å². The van der Waals surface area contributed by atoms with Crippen molar-refractivity contribution in [3.05, 3.63) is 59.5 Å². The lowest BCUT2D eigenvalue weighted by Gasteiger charge is -2.32. The van der Waals surface area contributed by atoms with E-state index in [1.807, 2.05) is 39.9 Å². The first-order valence-electron chi connectivity index (χ1n) is 11.9. The van der Waals surface area contributed by atoms with Gasteiger partial charge < -0.3 is 10.2 Å². The highest BCUT2D eigenvalue weighted by molar-refractivity contribution is 5.93. The Kier molecular flexibility index (Phi) is 5.38. The molecule has 1 fully saturated rings. The van der Waals surface area contributed by atoms with E-state index >= 15 is 0 Å². The maximum atomic E-state index is 13.3. The molecule has 0 saturated carbocycles. The van der Waals surface area contributed by atoms with Gasteiger partial charge in [0, 0.05) is 24.6 Å². The fourth-order valence-corrected chi connectivity index (χ4v) is 4.99. The van der Waals surface area contributed by atoms with Gasteiger partial charge in [-0.05, 0) is 56.4 Å². The molecule has 186 valence electrons. The van der Waals surface area contributed by atoms with Crippen LogP contribution in [0.2, 0.25) is 0 Å². The summed E-state index contributed by atoms with van der Waals surface area (Å²) in [7, 11) is 0. The Morgan fingerprint density at radius 2 is 1.75 bits per heavy atom. The summed E-state index contributed by atoms with van der Waals surface area (Å²) in [5.41, 5.74) is 3.04. The summed E-state index contributed by atoms with van der Waals surface area (Å²) < 4.78 is 42.2. The van der Waals surface area contributed by atoms with Crippen molar-refractivity contribution in [3.8, 4) is 5.69 Å². The molecule has 4 heterocycles. The second-order valence-electron chi connectivity index (χ2n) is 9.11. The first-order valence-corrected chi connectivity index (χ1v) is 11.9. The number of nitrogens with zero attached hydrogens (tertiary/aromatic N) is 7. The molecule has 0 radical (unpaired) electrons. The lowest BCUT2D eigenvalue weighted by atomic mass is 9.96. The van der Waals surface area contributed by atoms with E-state index in [0.29, 0.717) is 31.7 Å². The summed E-state index contributed by atoms with van der Waals surface area (Å²) >= 11 is 0. The third-order valence-corrected chi connectivity index (χ3v) is 6.84. The van der Waals surface area contributed by atoms with Crippen LogP contribution in [0.15, 0.2) is 42.5 Å². The molecule has 4 aromatic rings. The zero-order valence-corrected chi connectivity index (χ0v) is 19.2. The lowest BCUT2D eigenvalue weighted by Crippen LogP contribution is -2.39. The highest BCUT2D eigenvalue weighted by atomic mass is 19.4. The molecule has 1 saturated heterocycles. The summed E-state index contributed by atoms with van der Waals surface area (Å²) in [4.78, 5) is 15.1. The number of hydrogen-bond donors (Lipinski definition) is 1. The fraction of sp³-hybridized carbons (Fsp3) is 0.375. The Balaban J connectivity index is 1.17. The quantitative estimate of drug-likeness (QED) is 0.464. The zero-order chi connectivity index (χ0) is 24.9. The Morgan fingerprint density at radius 1 is 0.972 bits per heavy atom. The second-order valence-corrected chi connectivity index (χ2v) is 9.11. The lowest BCUT2D eigenvalue weighted by molar-refractivity contribution is -0.146. The second kappa shape index (κ2) is 8.61. The predicted octanol–water partition coefficient (Wildman–Crippen LogP) is 3.67. The number of halogens is 3. The number of carbonyl (C=O) groups is 1. The molecule has 0 bridgehead atoms. The van der Waals surface area contributed by atoms with Gasteiger partial charge in [-0.3, -0.25) is 4.79 Å². The molecule has 1 N–H and O–H groups in total. The maximum absolute atomic E-state index is 13.3. The SMILES string of the molecule is O=C(Nc1c2c(nn1-c1ccccc1)CCC2)C1CCN(c2ccc3nnc(C(F)(F)F)n3n2)CC1. The number of rotatable bonds is 4. The summed E-state index contributed by atoms with van der Waals surface area (Å²) in [5.74, 6) is -0.312. The van der Waals surface area contributed by atoms with Crippen molar-refractivity contribution in [2.45, 2.75) is 38.3 Å². The monoisotopic (exact) mass is 496 g/mol. The van der Waals surface area contributed by atoms with Gasteiger partial charge in [0.2, 0.25) is 5.91 Å². The topological polar surface area (TPSA) is 93.2 Å². The van der Waals surface area contributed by atoms with Crippen LogP contribution in [0.3, 0.4) is 0 Å². The van der Waals surface area contributed by atoms with Crippen LogP contribution in [0.25, 0.3) is 11.3 Å². The number of hydrogen-bond acceptors (Lipinski definition) is 6. The average molecular weight is 496 g/mol. The van der Waals surface area contributed by atoms with Crippen LogP contribution in [0.5, 0.6) is 0 Å². The van der Waals surface area contributed by atoms with E-state index in [1.165, 1.54) is 6.07 Å². The van der Waals surface area contributed by atoms with Gasteiger partial charge in [-0.1, -0.05) is 18.2 Å². The number of amides is 1. The van der Waals surface area contributed by atoms with E-state index < -0.39 is 12.0 Å². The van der Waals surface area contributed by atoms with Crippen molar-refractivity contribution in [2.24, 2.45) is 5.92 Å². The van der Waals surface area contributed by atoms with Gasteiger partial charge in [0.25, 0.3) is 5.82 Å². The number of aromatic nitrogens is 6. The first kappa shape index (κ1) is 22.5. The minimum atomic E-state index is -4.65. The minimum absolute atomic E-state index is 0.0305. The van der Waals surface area contributed by atoms with Crippen molar-refractivity contribution >= 4 is 23.2 Å². The van der Waals surface area contributed by atoms with Crippen molar-refractivity contribution in [2.75, 3.05) is 23.3 Å². The number of para-hydroxylation sites is 1. The molecule has 1 aliphatic carbocycles. The number of fused-ring (bicyclic) bond motifs is 2. The Morgan fingerprint density at radius 3 is 2.50 bits per heavy atom. The van der Waals surface area contributed by atoms with Gasteiger partial charge in [-0.2, -0.15) is 22.8 Å². The molecular weight excluding hydrogens is 473 g/mol. The molecule has 2 aliphatic rings. The minimum Gasteiger partial charge on any atom is -0.355 e. The highest BCUT2D eigenvalue weighted by Crippen LogP contribution is 2.32. The van der Waals surface area contributed by atoms with Crippen LogP contribution in [-0.4, -0.2) is 48.6 Å². The van der Waals surface area contributed by atoms with Crippen LogP contribution >= 0.6 is 0 Å². The normalized spacial score (nSPS) is 16.5. The Bertz CT molecular complexity index is 1420. The number of carbonyl (C=O) groups excluding carboxylic acids is 1. The van der Waals surface area contributed by atoms with Gasteiger partial charge in [0.15, 0.2) is 5.65 Å². The van der Waals surface area contributed by atoms with E-state index in [0.717, 1.165) is 46.5 Å². The van der Waals surface area contributed by atoms with Gasteiger partial charge in [0.1, 0.15) is 11.6 Å².